The van der Waals surface area contributed by atoms with Crippen molar-refractivity contribution in [2.45, 2.75) is 25.7 Å². The molecule has 1 aliphatic carbocycles. The van der Waals surface area contributed by atoms with Gasteiger partial charge in [-0.2, -0.15) is 0 Å². The molecule has 4 heteroatoms. The Labute approximate surface area is 125 Å². The van der Waals surface area contributed by atoms with E-state index in [1.165, 1.54) is 37.0 Å². The largest absolute Gasteiger partial charge is 0.341 e. The molecule has 0 spiro atoms. The standard InChI is InChI=1S/C17H23FN2O/c18-15-6-4-12(5-7-15)8-13-2-1-3-14-10-20(11-16(13)14)17(21)9-19/h4-7,13-14,16H,1-3,8-11,19H2/t13-,14-,16-/m1/s1. The summed E-state index contributed by atoms with van der Waals surface area (Å²) >= 11 is 0. The Hall–Kier alpha value is -1.42. The van der Waals surface area contributed by atoms with Crippen molar-refractivity contribution in [2.75, 3.05) is 19.6 Å². The Morgan fingerprint density at radius 3 is 2.71 bits per heavy atom. The summed E-state index contributed by atoms with van der Waals surface area (Å²) in [7, 11) is 0. The molecule has 3 nitrogen and oxygen atoms in total. The Bertz CT molecular complexity index is 502. The highest BCUT2D eigenvalue weighted by atomic mass is 19.1. The molecule has 0 bridgehead atoms. The first-order valence-electron chi connectivity index (χ1n) is 7.89. The summed E-state index contributed by atoms with van der Waals surface area (Å²) in [5.74, 6) is 1.70. The number of rotatable bonds is 3. The van der Waals surface area contributed by atoms with Gasteiger partial charge < -0.3 is 10.6 Å². The average molecular weight is 290 g/mol. The maximum atomic E-state index is 13.0. The minimum absolute atomic E-state index is 0.0740. The van der Waals surface area contributed by atoms with E-state index in [1.54, 1.807) is 0 Å². The summed E-state index contributed by atoms with van der Waals surface area (Å²) in [5, 5.41) is 0. The number of fused-ring (bicyclic) bond motifs is 1. The molecule has 3 atom stereocenters. The molecule has 1 aliphatic heterocycles. The first-order valence-corrected chi connectivity index (χ1v) is 7.89. The minimum Gasteiger partial charge on any atom is -0.341 e. The van der Waals surface area contributed by atoms with E-state index in [9.17, 15) is 9.18 Å². The highest BCUT2D eigenvalue weighted by Crippen LogP contribution is 2.41. The lowest BCUT2D eigenvalue weighted by molar-refractivity contribution is -0.128. The van der Waals surface area contributed by atoms with Crippen molar-refractivity contribution in [3.05, 3.63) is 35.6 Å². The predicted octanol–water partition coefficient (Wildman–Crippen LogP) is 2.20. The van der Waals surface area contributed by atoms with Crippen molar-refractivity contribution in [1.29, 1.82) is 0 Å². The van der Waals surface area contributed by atoms with Crippen LogP contribution in [0.3, 0.4) is 0 Å². The number of benzene rings is 1. The number of carbonyl (C=O) groups excluding carboxylic acids is 1. The molecule has 1 amide bonds. The van der Waals surface area contributed by atoms with E-state index in [4.69, 9.17) is 5.73 Å². The van der Waals surface area contributed by atoms with Crippen LogP contribution in [-0.2, 0) is 11.2 Å². The van der Waals surface area contributed by atoms with Crippen LogP contribution in [0, 0.1) is 23.6 Å². The van der Waals surface area contributed by atoms with Crippen molar-refractivity contribution in [1.82, 2.24) is 4.90 Å². The molecule has 0 radical (unpaired) electrons. The maximum Gasteiger partial charge on any atom is 0.236 e. The molecule has 0 aromatic heterocycles. The molecule has 0 unspecified atom stereocenters. The fourth-order valence-corrected chi connectivity index (χ4v) is 4.10. The zero-order chi connectivity index (χ0) is 14.8. The smallest absolute Gasteiger partial charge is 0.236 e. The maximum absolute atomic E-state index is 13.0. The number of hydrogen-bond donors (Lipinski definition) is 1. The number of hydrogen-bond acceptors (Lipinski definition) is 2. The molecule has 2 N–H and O–H groups in total. The Morgan fingerprint density at radius 2 is 2.00 bits per heavy atom. The fraction of sp³-hybridized carbons (Fsp3) is 0.588. The number of halogens is 1. The van der Waals surface area contributed by atoms with Crippen molar-refractivity contribution < 1.29 is 9.18 Å². The molecule has 1 heterocycles. The van der Waals surface area contributed by atoms with Gasteiger partial charge >= 0.3 is 0 Å². The Balaban J connectivity index is 1.68. The number of likely N-dealkylation sites (tertiary alicyclic amines) is 1. The lowest BCUT2D eigenvalue weighted by atomic mass is 9.71. The molecular formula is C17H23FN2O. The Kier molecular flexibility index (Phi) is 4.24. The molecule has 1 aromatic carbocycles. The quantitative estimate of drug-likeness (QED) is 0.927. The van der Waals surface area contributed by atoms with E-state index < -0.39 is 0 Å². The topological polar surface area (TPSA) is 46.3 Å². The average Bonchev–Trinajstić information content (AvgIpc) is 2.94. The third-order valence-corrected chi connectivity index (χ3v) is 5.19. The summed E-state index contributed by atoms with van der Waals surface area (Å²) in [6.07, 6.45) is 4.66. The molecule has 1 saturated carbocycles. The minimum atomic E-state index is -0.180. The summed E-state index contributed by atoms with van der Waals surface area (Å²) in [6.45, 7) is 1.84. The summed E-state index contributed by atoms with van der Waals surface area (Å²) in [4.78, 5) is 13.8. The molecule has 2 aliphatic rings. The van der Waals surface area contributed by atoms with Crippen LogP contribution >= 0.6 is 0 Å². The fourth-order valence-electron chi connectivity index (χ4n) is 4.10. The van der Waals surface area contributed by atoms with E-state index in [2.05, 4.69) is 0 Å². The molecule has 2 fully saturated rings. The summed E-state index contributed by atoms with van der Waals surface area (Å²) in [5.41, 5.74) is 6.69. The van der Waals surface area contributed by atoms with E-state index >= 15 is 0 Å². The highest BCUT2D eigenvalue weighted by molar-refractivity contribution is 5.78. The lowest BCUT2D eigenvalue weighted by Crippen LogP contribution is -2.34. The van der Waals surface area contributed by atoms with Gasteiger partial charge in [-0.3, -0.25) is 4.79 Å². The van der Waals surface area contributed by atoms with Gasteiger partial charge in [-0.05, 0) is 54.7 Å². The first-order chi connectivity index (χ1) is 10.2. The van der Waals surface area contributed by atoms with E-state index in [0.717, 1.165) is 19.5 Å². The van der Waals surface area contributed by atoms with E-state index in [1.807, 2.05) is 17.0 Å². The van der Waals surface area contributed by atoms with Gasteiger partial charge in [-0.1, -0.05) is 18.6 Å². The van der Waals surface area contributed by atoms with Gasteiger partial charge in [0.2, 0.25) is 5.91 Å². The van der Waals surface area contributed by atoms with Crippen LogP contribution in [0.15, 0.2) is 24.3 Å². The lowest BCUT2D eigenvalue weighted by Gasteiger charge is -2.33. The third-order valence-electron chi connectivity index (χ3n) is 5.19. The van der Waals surface area contributed by atoms with E-state index in [0.29, 0.717) is 17.8 Å². The monoisotopic (exact) mass is 290 g/mol. The van der Waals surface area contributed by atoms with Gasteiger partial charge in [0.05, 0.1) is 6.54 Å². The summed E-state index contributed by atoms with van der Waals surface area (Å²) in [6, 6.07) is 6.84. The highest BCUT2D eigenvalue weighted by Gasteiger charge is 2.41. The van der Waals surface area contributed by atoms with Crippen molar-refractivity contribution in [3.8, 4) is 0 Å². The Morgan fingerprint density at radius 1 is 1.24 bits per heavy atom. The number of nitrogens with zero attached hydrogens (tertiary/aromatic N) is 1. The summed E-state index contributed by atoms with van der Waals surface area (Å²) < 4.78 is 13.0. The number of amides is 1. The third kappa shape index (κ3) is 3.10. The molecule has 114 valence electrons. The molecular weight excluding hydrogens is 267 g/mol. The van der Waals surface area contributed by atoms with Crippen molar-refractivity contribution in [2.24, 2.45) is 23.5 Å². The van der Waals surface area contributed by atoms with Crippen molar-refractivity contribution >= 4 is 5.91 Å². The second-order valence-corrected chi connectivity index (χ2v) is 6.45. The van der Waals surface area contributed by atoms with Gasteiger partial charge in [0, 0.05) is 13.1 Å². The van der Waals surface area contributed by atoms with Crippen LogP contribution < -0.4 is 5.73 Å². The normalized spacial score (nSPS) is 28.5. The van der Waals surface area contributed by atoms with Gasteiger partial charge in [-0.15, -0.1) is 0 Å². The van der Waals surface area contributed by atoms with Gasteiger partial charge in [0.25, 0.3) is 0 Å². The van der Waals surface area contributed by atoms with Gasteiger partial charge in [0.15, 0.2) is 0 Å². The first kappa shape index (κ1) is 14.5. The SMILES string of the molecule is NCC(=O)N1C[C@H]2CCC[C@H](Cc3ccc(F)cc3)[C@H]2C1. The molecule has 1 saturated heterocycles. The number of nitrogens with two attached hydrogens (primary N) is 1. The van der Waals surface area contributed by atoms with Crippen LogP contribution in [0.5, 0.6) is 0 Å². The molecule has 21 heavy (non-hydrogen) atoms. The second kappa shape index (κ2) is 6.14. The zero-order valence-electron chi connectivity index (χ0n) is 12.3. The van der Waals surface area contributed by atoms with Gasteiger partial charge in [-0.25, -0.2) is 4.39 Å². The molecule has 3 rings (SSSR count). The zero-order valence-corrected chi connectivity index (χ0v) is 12.3. The van der Waals surface area contributed by atoms with Gasteiger partial charge in [0.1, 0.15) is 5.82 Å². The van der Waals surface area contributed by atoms with Crippen LogP contribution in [0.2, 0.25) is 0 Å². The number of carbonyl (C=O) groups is 1. The van der Waals surface area contributed by atoms with Crippen LogP contribution in [0.1, 0.15) is 24.8 Å². The molecule has 1 aromatic rings. The predicted molar refractivity (Wildman–Crippen MR) is 80.1 cm³/mol. The van der Waals surface area contributed by atoms with Crippen LogP contribution in [0.25, 0.3) is 0 Å². The van der Waals surface area contributed by atoms with Crippen LogP contribution in [-0.4, -0.2) is 30.4 Å². The van der Waals surface area contributed by atoms with Crippen LogP contribution in [0.4, 0.5) is 4.39 Å². The second-order valence-electron chi connectivity index (χ2n) is 6.45. The van der Waals surface area contributed by atoms with Crippen molar-refractivity contribution in [3.63, 3.8) is 0 Å². The van der Waals surface area contributed by atoms with E-state index in [-0.39, 0.29) is 18.3 Å².